The van der Waals surface area contributed by atoms with E-state index in [1.807, 2.05) is 36.4 Å². The topological polar surface area (TPSA) is 54.9 Å². The van der Waals surface area contributed by atoms with Crippen molar-refractivity contribution in [2.75, 3.05) is 6.54 Å². The lowest BCUT2D eigenvalue weighted by Crippen LogP contribution is -3.14. The third kappa shape index (κ3) is 3.69. The van der Waals surface area contributed by atoms with E-state index in [1.165, 1.54) is 37.0 Å². The quantitative estimate of drug-likeness (QED) is 0.662. The van der Waals surface area contributed by atoms with Gasteiger partial charge in [-0.2, -0.15) is 0 Å². The van der Waals surface area contributed by atoms with Crippen molar-refractivity contribution >= 4 is 11.0 Å². The standard InChI is InChI=1S/C24H27NO3/c1-2-25(18-11-7-4-8-12-18)16-21-22(26)14-13-19-20(15-23(27)28-24(19)21)17-9-5-3-6-10-17/h3,5-6,9-10,13-15,18,26H,2,4,7-8,11-12,16H2,1H3/p+1. The van der Waals surface area contributed by atoms with E-state index in [2.05, 4.69) is 6.92 Å². The number of aromatic hydroxyl groups is 1. The van der Waals surface area contributed by atoms with E-state index < -0.39 is 0 Å². The predicted octanol–water partition coefficient (Wildman–Crippen LogP) is 3.90. The third-order valence-electron chi connectivity index (χ3n) is 6.12. The summed E-state index contributed by atoms with van der Waals surface area (Å²) >= 11 is 0. The van der Waals surface area contributed by atoms with Crippen molar-refractivity contribution in [2.45, 2.75) is 51.6 Å². The Labute approximate surface area is 165 Å². The SMILES string of the molecule is CC[NH+](Cc1c(O)ccc2c(-c3ccccc3)cc(=O)oc12)C1CCCCC1. The normalized spacial score (nSPS) is 16.3. The van der Waals surface area contributed by atoms with Crippen LogP contribution in [0.15, 0.2) is 57.7 Å². The molecule has 0 bridgehead atoms. The molecule has 1 aliphatic rings. The molecule has 146 valence electrons. The van der Waals surface area contributed by atoms with Gasteiger partial charge in [-0.15, -0.1) is 0 Å². The maximum Gasteiger partial charge on any atom is 0.336 e. The van der Waals surface area contributed by atoms with E-state index in [9.17, 15) is 9.90 Å². The zero-order valence-electron chi connectivity index (χ0n) is 16.4. The number of quaternary nitrogens is 1. The lowest BCUT2D eigenvalue weighted by molar-refractivity contribution is -0.938. The first-order valence-electron chi connectivity index (χ1n) is 10.4. The van der Waals surface area contributed by atoms with Crippen LogP contribution in [0.5, 0.6) is 5.75 Å². The molecular formula is C24H28NO3+. The highest BCUT2D eigenvalue weighted by Crippen LogP contribution is 2.32. The lowest BCUT2D eigenvalue weighted by Gasteiger charge is -2.30. The van der Waals surface area contributed by atoms with Gasteiger partial charge >= 0.3 is 5.63 Å². The Bertz CT molecular complexity index is 1000. The van der Waals surface area contributed by atoms with Crippen molar-refractivity contribution in [1.29, 1.82) is 0 Å². The second-order valence-electron chi connectivity index (χ2n) is 7.81. The molecule has 0 saturated heterocycles. The van der Waals surface area contributed by atoms with Gasteiger partial charge in [-0.1, -0.05) is 36.8 Å². The van der Waals surface area contributed by atoms with Gasteiger partial charge in [0.15, 0.2) is 5.58 Å². The van der Waals surface area contributed by atoms with E-state index in [0.717, 1.165) is 28.6 Å². The van der Waals surface area contributed by atoms with Crippen LogP contribution in [0.3, 0.4) is 0 Å². The Kier molecular flexibility index (Phi) is 5.49. The number of fused-ring (bicyclic) bond motifs is 1. The molecule has 0 aliphatic heterocycles. The molecule has 1 unspecified atom stereocenters. The second kappa shape index (κ2) is 8.19. The van der Waals surface area contributed by atoms with Crippen molar-refractivity contribution in [3.63, 3.8) is 0 Å². The van der Waals surface area contributed by atoms with Crippen molar-refractivity contribution in [1.82, 2.24) is 0 Å². The summed E-state index contributed by atoms with van der Waals surface area (Å²) in [6, 6.07) is 15.6. The van der Waals surface area contributed by atoms with Crippen LogP contribution in [0.4, 0.5) is 0 Å². The monoisotopic (exact) mass is 378 g/mol. The summed E-state index contributed by atoms with van der Waals surface area (Å²) in [7, 11) is 0. The van der Waals surface area contributed by atoms with Crippen LogP contribution in [0.25, 0.3) is 22.1 Å². The first kappa shape index (κ1) is 18.8. The zero-order valence-corrected chi connectivity index (χ0v) is 16.4. The summed E-state index contributed by atoms with van der Waals surface area (Å²) in [6.07, 6.45) is 6.34. The molecule has 1 aliphatic carbocycles. The number of hydrogen-bond acceptors (Lipinski definition) is 3. The molecule has 1 aromatic heterocycles. The van der Waals surface area contributed by atoms with Crippen LogP contribution in [0, 0.1) is 0 Å². The predicted molar refractivity (Wildman–Crippen MR) is 112 cm³/mol. The molecule has 4 heteroatoms. The number of phenolic OH excluding ortho intramolecular Hbond substituents is 1. The molecule has 2 aromatic carbocycles. The Hall–Kier alpha value is -2.59. The fraction of sp³-hybridized carbons (Fsp3) is 0.375. The van der Waals surface area contributed by atoms with Crippen LogP contribution in [-0.4, -0.2) is 17.7 Å². The van der Waals surface area contributed by atoms with Gasteiger partial charge in [-0.05, 0) is 55.9 Å². The number of nitrogens with one attached hydrogen (secondary N) is 1. The van der Waals surface area contributed by atoms with Crippen LogP contribution in [-0.2, 0) is 6.54 Å². The van der Waals surface area contributed by atoms with Crippen LogP contribution in [0.1, 0.15) is 44.6 Å². The highest BCUT2D eigenvalue weighted by Gasteiger charge is 2.26. The Morgan fingerprint density at radius 1 is 1.07 bits per heavy atom. The van der Waals surface area contributed by atoms with Crippen LogP contribution < -0.4 is 10.5 Å². The van der Waals surface area contributed by atoms with Gasteiger partial charge in [0.25, 0.3) is 0 Å². The van der Waals surface area contributed by atoms with E-state index >= 15 is 0 Å². The summed E-state index contributed by atoms with van der Waals surface area (Å²) in [4.78, 5) is 13.8. The molecule has 28 heavy (non-hydrogen) atoms. The van der Waals surface area contributed by atoms with Gasteiger partial charge in [0.2, 0.25) is 0 Å². The molecule has 3 aromatic rings. The minimum atomic E-state index is -0.381. The fourth-order valence-corrected chi connectivity index (χ4v) is 4.60. The first-order valence-corrected chi connectivity index (χ1v) is 10.4. The molecule has 0 spiro atoms. The van der Waals surface area contributed by atoms with E-state index in [-0.39, 0.29) is 11.4 Å². The highest BCUT2D eigenvalue weighted by molar-refractivity contribution is 5.95. The third-order valence-corrected chi connectivity index (χ3v) is 6.12. The van der Waals surface area contributed by atoms with Crippen molar-refractivity contribution < 1.29 is 14.4 Å². The minimum absolute atomic E-state index is 0.211. The van der Waals surface area contributed by atoms with Crippen molar-refractivity contribution in [3.8, 4) is 16.9 Å². The molecule has 1 saturated carbocycles. The molecular weight excluding hydrogens is 350 g/mol. The van der Waals surface area contributed by atoms with Gasteiger partial charge in [-0.3, -0.25) is 0 Å². The summed E-state index contributed by atoms with van der Waals surface area (Å²) in [6.45, 7) is 3.85. The fourth-order valence-electron chi connectivity index (χ4n) is 4.60. The molecule has 4 rings (SSSR count). The maximum atomic E-state index is 12.3. The first-order chi connectivity index (χ1) is 13.7. The van der Waals surface area contributed by atoms with Gasteiger partial charge in [0, 0.05) is 11.5 Å². The Morgan fingerprint density at radius 3 is 2.54 bits per heavy atom. The van der Waals surface area contributed by atoms with Crippen LogP contribution >= 0.6 is 0 Å². The lowest BCUT2D eigenvalue weighted by atomic mass is 9.93. The maximum absolute atomic E-state index is 12.3. The van der Waals surface area contributed by atoms with Crippen molar-refractivity contribution in [3.05, 3.63) is 64.5 Å². The molecule has 2 N–H and O–H groups in total. The Morgan fingerprint density at radius 2 is 1.82 bits per heavy atom. The van der Waals surface area contributed by atoms with Gasteiger partial charge in [-0.25, -0.2) is 4.79 Å². The van der Waals surface area contributed by atoms with E-state index in [1.54, 1.807) is 12.1 Å². The zero-order chi connectivity index (χ0) is 19.5. The number of phenols is 1. The van der Waals surface area contributed by atoms with Gasteiger partial charge in [0.05, 0.1) is 18.2 Å². The van der Waals surface area contributed by atoms with Gasteiger partial charge in [0.1, 0.15) is 12.3 Å². The average Bonchev–Trinajstić information content (AvgIpc) is 2.74. The minimum Gasteiger partial charge on any atom is -0.507 e. The highest BCUT2D eigenvalue weighted by atomic mass is 16.4. The summed E-state index contributed by atoms with van der Waals surface area (Å²) in [5, 5.41) is 11.5. The average molecular weight is 378 g/mol. The molecule has 1 heterocycles. The molecule has 0 amide bonds. The van der Waals surface area contributed by atoms with E-state index in [4.69, 9.17) is 4.42 Å². The molecule has 0 radical (unpaired) electrons. The Balaban J connectivity index is 1.81. The molecule has 4 nitrogen and oxygen atoms in total. The molecule has 1 fully saturated rings. The van der Waals surface area contributed by atoms with Crippen LogP contribution in [0.2, 0.25) is 0 Å². The number of benzene rings is 2. The second-order valence-corrected chi connectivity index (χ2v) is 7.81. The number of hydrogen-bond donors (Lipinski definition) is 2. The largest absolute Gasteiger partial charge is 0.507 e. The smallest absolute Gasteiger partial charge is 0.336 e. The van der Waals surface area contributed by atoms with Crippen molar-refractivity contribution in [2.24, 2.45) is 0 Å². The number of rotatable bonds is 5. The summed E-state index contributed by atoms with van der Waals surface area (Å²) in [5.74, 6) is 0.211. The summed E-state index contributed by atoms with van der Waals surface area (Å²) in [5.41, 5.74) is 2.71. The summed E-state index contributed by atoms with van der Waals surface area (Å²) < 4.78 is 5.64. The molecule has 1 atom stereocenters. The van der Waals surface area contributed by atoms with E-state index in [0.29, 0.717) is 18.2 Å². The van der Waals surface area contributed by atoms with Gasteiger partial charge < -0.3 is 14.4 Å².